The van der Waals surface area contributed by atoms with Gasteiger partial charge in [-0.2, -0.15) is 0 Å². The molecule has 0 fully saturated rings. The third kappa shape index (κ3) is 2.92. The number of hydrogen-bond acceptors (Lipinski definition) is 4. The zero-order valence-corrected chi connectivity index (χ0v) is 9.33. The Bertz CT molecular complexity index is 470. The van der Waals surface area contributed by atoms with E-state index in [9.17, 15) is 4.79 Å². The number of esters is 1. The van der Waals surface area contributed by atoms with E-state index in [1.807, 2.05) is 6.92 Å². The molecule has 0 saturated heterocycles. The lowest BCUT2D eigenvalue weighted by atomic mass is 10.1. The molecule has 0 atom stereocenters. The van der Waals surface area contributed by atoms with Crippen LogP contribution in [0.5, 0.6) is 0 Å². The van der Waals surface area contributed by atoms with E-state index in [-0.39, 0.29) is 0 Å². The van der Waals surface area contributed by atoms with E-state index >= 15 is 0 Å². The minimum atomic E-state index is -0.544. The second-order valence-corrected chi connectivity index (χ2v) is 3.27. The van der Waals surface area contributed by atoms with Crippen molar-refractivity contribution in [3.8, 4) is 11.8 Å². The number of carbonyl (C=O) groups excluding carboxylic acids is 1. The van der Waals surface area contributed by atoms with Crippen molar-refractivity contribution in [2.75, 3.05) is 18.1 Å². The Kier molecular flexibility index (Phi) is 3.78. The second kappa shape index (κ2) is 5.08. The summed E-state index contributed by atoms with van der Waals surface area (Å²) in [6.45, 7) is 3.90. The molecule has 4 N–H and O–H groups in total. The third-order valence-electron chi connectivity index (χ3n) is 2.00. The van der Waals surface area contributed by atoms with E-state index in [2.05, 4.69) is 16.6 Å². The van der Waals surface area contributed by atoms with Gasteiger partial charge >= 0.3 is 5.97 Å². The first-order valence-electron chi connectivity index (χ1n) is 4.89. The van der Waals surface area contributed by atoms with Crippen LogP contribution in [0, 0.1) is 18.8 Å². The van der Waals surface area contributed by atoms with Crippen molar-refractivity contribution in [1.82, 2.24) is 0 Å². The summed E-state index contributed by atoms with van der Waals surface area (Å²) < 4.78 is 4.69. The second-order valence-electron chi connectivity index (χ2n) is 3.27. The average molecular weight is 218 g/mol. The summed E-state index contributed by atoms with van der Waals surface area (Å²) >= 11 is 0. The van der Waals surface area contributed by atoms with Crippen LogP contribution in [0.1, 0.15) is 18.1 Å². The number of aryl methyl sites for hydroxylation is 1. The predicted octanol–water partition coefficient (Wildman–Crippen LogP) is 1.07. The van der Waals surface area contributed by atoms with Gasteiger partial charge in [0.25, 0.3) is 0 Å². The molecule has 0 bridgehead atoms. The molecule has 0 aliphatic rings. The highest BCUT2D eigenvalue weighted by Crippen LogP contribution is 2.19. The largest absolute Gasteiger partial charge is 0.456 e. The Balaban J connectivity index is 2.97. The molecule has 16 heavy (non-hydrogen) atoms. The van der Waals surface area contributed by atoms with Gasteiger partial charge in [0.15, 0.2) is 0 Å². The van der Waals surface area contributed by atoms with Crippen LogP contribution in [0.25, 0.3) is 0 Å². The molecule has 0 saturated carbocycles. The topological polar surface area (TPSA) is 78.3 Å². The molecule has 0 aromatic heterocycles. The zero-order chi connectivity index (χ0) is 12.1. The highest BCUT2D eigenvalue weighted by atomic mass is 16.5. The summed E-state index contributed by atoms with van der Waals surface area (Å²) in [5.41, 5.74) is 13.8. The maximum absolute atomic E-state index is 11.0. The highest BCUT2D eigenvalue weighted by Gasteiger charge is 2.01. The molecule has 1 aromatic carbocycles. The van der Waals surface area contributed by atoms with Crippen molar-refractivity contribution in [3.05, 3.63) is 23.3 Å². The highest BCUT2D eigenvalue weighted by molar-refractivity contribution is 5.89. The molecule has 0 aliphatic heterocycles. The van der Waals surface area contributed by atoms with Crippen molar-refractivity contribution in [2.45, 2.75) is 13.8 Å². The van der Waals surface area contributed by atoms with Crippen molar-refractivity contribution in [3.63, 3.8) is 0 Å². The lowest BCUT2D eigenvalue weighted by Gasteiger charge is -2.03. The lowest BCUT2D eigenvalue weighted by molar-refractivity contribution is -0.136. The van der Waals surface area contributed by atoms with Gasteiger partial charge in [-0.3, -0.25) is 0 Å². The summed E-state index contributed by atoms with van der Waals surface area (Å²) in [7, 11) is 0. The van der Waals surface area contributed by atoms with Gasteiger partial charge in [-0.05, 0) is 31.5 Å². The van der Waals surface area contributed by atoms with E-state index < -0.39 is 5.97 Å². The van der Waals surface area contributed by atoms with Crippen molar-refractivity contribution >= 4 is 17.3 Å². The van der Waals surface area contributed by atoms with Gasteiger partial charge in [0.2, 0.25) is 0 Å². The van der Waals surface area contributed by atoms with Crippen LogP contribution in [0.4, 0.5) is 11.4 Å². The average Bonchev–Trinajstić information content (AvgIpc) is 2.22. The number of anilines is 2. The number of rotatable bonds is 1. The van der Waals surface area contributed by atoms with Gasteiger partial charge < -0.3 is 16.2 Å². The SMILES string of the molecule is CCOC(=O)C#Cc1cc(N)c(N)cc1C. The normalized spacial score (nSPS) is 9.12. The summed E-state index contributed by atoms with van der Waals surface area (Å²) in [6.07, 6.45) is 0. The van der Waals surface area contributed by atoms with Gasteiger partial charge in [0.05, 0.1) is 18.0 Å². The monoisotopic (exact) mass is 218 g/mol. The zero-order valence-electron chi connectivity index (χ0n) is 9.33. The fourth-order valence-corrected chi connectivity index (χ4v) is 1.17. The molecule has 0 heterocycles. The quantitative estimate of drug-likeness (QED) is 0.420. The van der Waals surface area contributed by atoms with Gasteiger partial charge in [-0.15, -0.1) is 0 Å². The van der Waals surface area contributed by atoms with Crippen LogP contribution in [0.3, 0.4) is 0 Å². The molecule has 0 aliphatic carbocycles. The smallest absolute Gasteiger partial charge is 0.384 e. The molecule has 0 radical (unpaired) electrons. The van der Waals surface area contributed by atoms with E-state index in [1.165, 1.54) is 0 Å². The molecule has 0 spiro atoms. The molecule has 0 unspecified atom stereocenters. The van der Waals surface area contributed by atoms with Crippen LogP contribution in [-0.2, 0) is 9.53 Å². The first-order valence-corrected chi connectivity index (χ1v) is 4.89. The Morgan fingerprint density at radius 1 is 1.38 bits per heavy atom. The Morgan fingerprint density at radius 3 is 2.62 bits per heavy atom. The van der Waals surface area contributed by atoms with E-state index in [0.29, 0.717) is 23.5 Å². The Morgan fingerprint density at radius 2 is 2.00 bits per heavy atom. The number of nitrogen functional groups attached to an aromatic ring is 2. The fourth-order valence-electron chi connectivity index (χ4n) is 1.17. The Labute approximate surface area is 94.6 Å². The van der Waals surface area contributed by atoms with Crippen molar-refractivity contribution in [2.24, 2.45) is 0 Å². The van der Waals surface area contributed by atoms with Gasteiger partial charge in [0, 0.05) is 11.5 Å². The number of benzene rings is 1. The van der Waals surface area contributed by atoms with Crippen molar-refractivity contribution in [1.29, 1.82) is 0 Å². The molecule has 0 amide bonds. The Hall–Kier alpha value is -2.15. The number of carbonyl (C=O) groups is 1. The van der Waals surface area contributed by atoms with Gasteiger partial charge in [0.1, 0.15) is 0 Å². The number of hydrogen-bond donors (Lipinski definition) is 2. The maximum atomic E-state index is 11.0. The summed E-state index contributed by atoms with van der Waals surface area (Å²) in [4.78, 5) is 11.0. The first-order chi connectivity index (χ1) is 7.54. The molecular weight excluding hydrogens is 204 g/mol. The molecule has 84 valence electrons. The number of ether oxygens (including phenoxy) is 1. The van der Waals surface area contributed by atoms with E-state index in [1.54, 1.807) is 19.1 Å². The maximum Gasteiger partial charge on any atom is 0.384 e. The molecule has 4 nitrogen and oxygen atoms in total. The molecule has 4 heteroatoms. The van der Waals surface area contributed by atoms with Gasteiger partial charge in [-0.1, -0.05) is 5.92 Å². The minimum Gasteiger partial charge on any atom is -0.456 e. The minimum absolute atomic E-state index is 0.316. The standard InChI is InChI=1S/C12H14N2O2/c1-3-16-12(15)5-4-9-7-11(14)10(13)6-8(9)2/h6-7H,3,13-14H2,1-2H3. The van der Waals surface area contributed by atoms with Crippen LogP contribution >= 0.6 is 0 Å². The fraction of sp³-hybridized carbons (Fsp3) is 0.250. The summed E-state index contributed by atoms with van der Waals surface area (Å²) in [5, 5.41) is 0. The van der Waals surface area contributed by atoms with Crippen molar-refractivity contribution < 1.29 is 9.53 Å². The predicted molar refractivity (Wildman–Crippen MR) is 63.5 cm³/mol. The number of nitrogens with two attached hydrogens (primary N) is 2. The van der Waals surface area contributed by atoms with E-state index in [4.69, 9.17) is 11.5 Å². The van der Waals surface area contributed by atoms with Crippen LogP contribution in [0.2, 0.25) is 0 Å². The lowest BCUT2D eigenvalue weighted by Crippen LogP contribution is -2.00. The third-order valence-corrected chi connectivity index (χ3v) is 2.00. The van der Waals surface area contributed by atoms with E-state index in [0.717, 1.165) is 5.56 Å². The molecular formula is C12H14N2O2. The van der Waals surface area contributed by atoms with Crippen LogP contribution in [-0.4, -0.2) is 12.6 Å². The van der Waals surface area contributed by atoms with Crippen LogP contribution in [0.15, 0.2) is 12.1 Å². The molecule has 1 rings (SSSR count). The van der Waals surface area contributed by atoms with Crippen LogP contribution < -0.4 is 11.5 Å². The van der Waals surface area contributed by atoms with Gasteiger partial charge in [-0.25, -0.2) is 4.79 Å². The molecule has 1 aromatic rings. The summed E-state index contributed by atoms with van der Waals surface area (Å²) in [5.74, 6) is 4.54. The first kappa shape index (κ1) is 11.9. The summed E-state index contributed by atoms with van der Waals surface area (Å²) in [6, 6.07) is 3.38.